The molecule has 3 aromatic heterocycles. The second-order valence-electron chi connectivity index (χ2n) is 6.99. The molecule has 5 rings (SSSR count). The second-order valence-corrected chi connectivity index (χ2v) is 9.79. The molecule has 0 bridgehead atoms. The fraction of sp³-hybridized carbons (Fsp3) is 0.190. The van der Waals surface area contributed by atoms with E-state index in [9.17, 15) is 9.59 Å². The van der Waals surface area contributed by atoms with Crippen molar-refractivity contribution in [3.63, 3.8) is 0 Å². The van der Waals surface area contributed by atoms with E-state index in [-0.39, 0.29) is 17.2 Å². The molecule has 0 saturated carbocycles. The van der Waals surface area contributed by atoms with Crippen molar-refractivity contribution in [3.8, 4) is 11.1 Å². The van der Waals surface area contributed by atoms with Gasteiger partial charge in [0.05, 0.1) is 11.1 Å². The van der Waals surface area contributed by atoms with Crippen LogP contribution in [0.25, 0.3) is 21.3 Å². The lowest BCUT2D eigenvalue weighted by Crippen LogP contribution is -2.37. The van der Waals surface area contributed by atoms with Gasteiger partial charge in [-0.2, -0.15) is 0 Å². The molecule has 2 N–H and O–H groups in total. The average molecular weight is 455 g/mol. The highest BCUT2D eigenvalue weighted by Gasteiger charge is 2.23. The quantitative estimate of drug-likeness (QED) is 0.290. The van der Waals surface area contributed by atoms with E-state index in [2.05, 4.69) is 16.4 Å². The van der Waals surface area contributed by atoms with Gasteiger partial charge in [0.2, 0.25) is 5.91 Å². The maximum absolute atomic E-state index is 13.0. The summed E-state index contributed by atoms with van der Waals surface area (Å²) in [7, 11) is 0. The molecular weight excluding hydrogens is 436 g/mol. The number of rotatable bonds is 4. The van der Waals surface area contributed by atoms with Gasteiger partial charge in [0.15, 0.2) is 5.16 Å². The Labute approximate surface area is 184 Å². The van der Waals surface area contributed by atoms with Gasteiger partial charge in [-0.1, -0.05) is 42.1 Å². The van der Waals surface area contributed by atoms with E-state index in [0.717, 1.165) is 28.8 Å². The largest absolute Gasteiger partial charge is 0.337 e. The summed E-state index contributed by atoms with van der Waals surface area (Å²) in [4.78, 5) is 34.1. The van der Waals surface area contributed by atoms with Gasteiger partial charge in [0.25, 0.3) is 5.56 Å². The van der Waals surface area contributed by atoms with Crippen LogP contribution in [-0.2, 0) is 17.8 Å². The van der Waals surface area contributed by atoms with Gasteiger partial charge in [-0.05, 0) is 29.0 Å². The van der Waals surface area contributed by atoms with Crippen LogP contribution in [0.15, 0.2) is 57.1 Å². The lowest BCUT2D eigenvalue weighted by Gasteiger charge is -2.26. The van der Waals surface area contributed by atoms with Crippen LogP contribution in [0.4, 0.5) is 0 Å². The van der Waals surface area contributed by atoms with Crippen LogP contribution in [0, 0.1) is 0 Å². The molecule has 4 heterocycles. The number of nitrogens with zero attached hydrogens (tertiary/aromatic N) is 3. The first-order valence-electron chi connectivity index (χ1n) is 9.42. The van der Waals surface area contributed by atoms with E-state index in [0.29, 0.717) is 21.9 Å². The maximum atomic E-state index is 13.0. The van der Waals surface area contributed by atoms with Gasteiger partial charge in [0.1, 0.15) is 4.83 Å². The fourth-order valence-corrected chi connectivity index (χ4v) is 6.29. The van der Waals surface area contributed by atoms with Crippen molar-refractivity contribution in [2.75, 3.05) is 18.1 Å². The van der Waals surface area contributed by atoms with Crippen molar-refractivity contribution in [2.45, 2.75) is 18.1 Å². The number of hydrogen-bond donors (Lipinski definition) is 1. The Morgan fingerprint density at radius 1 is 1.20 bits per heavy atom. The molecule has 0 spiro atoms. The first-order valence-corrected chi connectivity index (χ1v) is 12.2. The summed E-state index contributed by atoms with van der Waals surface area (Å²) in [5.74, 6) is 6.30. The number of benzene rings is 1. The molecule has 0 radical (unpaired) electrons. The Balaban J connectivity index is 1.37. The average Bonchev–Trinajstić information content (AvgIpc) is 3.42. The SMILES string of the molecule is Nn1c(SCC(=O)N2CCc3sccc3C2)nc2scc(-c3ccccc3)c2c1=O. The predicted molar refractivity (Wildman–Crippen MR) is 124 cm³/mol. The molecule has 6 nitrogen and oxygen atoms in total. The van der Waals surface area contributed by atoms with E-state index < -0.39 is 0 Å². The van der Waals surface area contributed by atoms with Crippen molar-refractivity contribution in [1.29, 1.82) is 0 Å². The van der Waals surface area contributed by atoms with E-state index in [1.807, 2.05) is 40.6 Å². The molecule has 152 valence electrons. The second kappa shape index (κ2) is 7.90. The van der Waals surface area contributed by atoms with Crippen LogP contribution >= 0.6 is 34.4 Å². The molecule has 4 aromatic rings. The summed E-state index contributed by atoms with van der Waals surface area (Å²) >= 11 is 4.37. The minimum Gasteiger partial charge on any atom is -0.337 e. The van der Waals surface area contributed by atoms with Gasteiger partial charge in [-0.3, -0.25) is 9.59 Å². The molecule has 0 unspecified atom stereocenters. The summed E-state index contributed by atoms with van der Waals surface area (Å²) in [6, 6.07) is 11.8. The first kappa shape index (κ1) is 19.3. The molecule has 1 aliphatic rings. The van der Waals surface area contributed by atoms with Gasteiger partial charge in [-0.15, -0.1) is 22.7 Å². The number of carbonyl (C=O) groups is 1. The van der Waals surface area contributed by atoms with Gasteiger partial charge >= 0.3 is 0 Å². The summed E-state index contributed by atoms with van der Waals surface area (Å²) in [6.45, 7) is 1.37. The number of thioether (sulfide) groups is 1. The zero-order chi connectivity index (χ0) is 20.7. The van der Waals surface area contributed by atoms with Crippen molar-refractivity contribution < 1.29 is 4.79 Å². The minimum atomic E-state index is -0.295. The Kier molecular flexibility index (Phi) is 5.10. The van der Waals surface area contributed by atoms with Crippen LogP contribution in [0.5, 0.6) is 0 Å². The Morgan fingerprint density at radius 2 is 2.03 bits per heavy atom. The number of nitrogens with two attached hydrogens (primary N) is 1. The van der Waals surface area contributed by atoms with Crippen LogP contribution in [0.3, 0.4) is 0 Å². The van der Waals surface area contributed by atoms with E-state index in [4.69, 9.17) is 5.84 Å². The molecule has 0 aliphatic carbocycles. The van der Waals surface area contributed by atoms with Gasteiger partial charge in [0, 0.05) is 28.9 Å². The molecule has 1 amide bonds. The first-order chi connectivity index (χ1) is 14.6. The molecule has 30 heavy (non-hydrogen) atoms. The summed E-state index contributed by atoms with van der Waals surface area (Å²) in [6.07, 6.45) is 0.896. The normalized spacial score (nSPS) is 13.5. The standard InChI is InChI=1S/C21H18N4O2S3/c22-25-20(27)18-15(13-4-2-1-3-5-13)11-29-19(18)23-21(25)30-12-17(26)24-8-6-16-14(10-24)7-9-28-16/h1-5,7,9,11H,6,8,10,12,22H2. The fourth-order valence-electron chi connectivity index (χ4n) is 3.60. The monoisotopic (exact) mass is 454 g/mol. The highest BCUT2D eigenvalue weighted by molar-refractivity contribution is 7.99. The Bertz CT molecular complexity index is 1290. The summed E-state index contributed by atoms with van der Waals surface area (Å²) in [5.41, 5.74) is 2.72. The van der Waals surface area contributed by atoms with Crippen LogP contribution in [0.1, 0.15) is 10.4 Å². The number of amides is 1. The van der Waals surface area contributed by atoms with E-state index in [1.54, 1.807) is 11.3 Å². The molecule has 1 aromatic carbocycles. The molecule has 1 aliphatic heterocycles. The van der Waals surface area contributed by atoms with Gasteiger partial charge in [-0.25, -0.2) is 9.66 Å². The molecular formula is C21H18N4O2S3. The smallest absolute Gasteiger partial charge is 0.282 e. The number of hydrogen-bond acceptors (Lipinski definition) is 7. The highest BCUT2D eigenvalue weighted by atomic mass is 32.2. The zero-order valence-corrected chi connectivity index (χ0v) is 18.4. The van der Waals surface area contributed by atoms with Crippen LogP contribution in [-0.4, -0.2) is 32.8 Å². The minimum absolute atomic E-state index is 0.0300. The molecule has 0 atom stereocenters. The van der Waals surface area contributed by atoms with Crippen LogP contribution in [0.2, 0.25) is 0 Å². The Morgan fingerprint density at radius 3 is 2.87 bits per heavy atom. The summed E-state index contributed by atoms with van der Waals surface area (Å²) < 4.78 is 1.06. The van der Waals surface area contributed by atoms with Crippen molar-refractivity contribution in [1.82, 2.24) is 14.6 Å². The maximum Gasteiger partial charge on any atom is 0.282 e. The van der Waals surface area contributed by atoms with Crippen LogP contribution < -0.4 is 11.4 Å². The zero-order valence-electron chi connectivity index (χ0n) is 15.9. The molecule has 0 fully saturated rings. The Hall–Kier alpha value is -2.62. The lowest BCUT2D eigenvalue weighted by atomic mass is 10.1. The van der Waals surface area contributed by atoms with Crippen molar-refractivity contribution in [2.24, 2.45) is 0 Å². The number of nitrogen functional groups attached to an aromatic ring is 1. The van der Waals surface area contributed by atoms with Gasteiger partial charge < -0.3 is 10.7 Å². The number of carbonyl (C=O) groups excluding carboxylic acids is 1. The number of fused-ring (bicyclic) bond motifs is 2. The molecule has 0 saturated heterocycles. The van der Waals surface area contributed by atoms with E-state index in [1.165, 1.54) is 33.5 Å². The lowest BCUT2D eigenvalue weighted by molar-refractivity contribution is -0.129. The third-order valence-electron chi connectivity index (χ3n) is 5.18. The predicted octanol–water partition coefficient (Wildman–Crippen LogP) is 3.58. The topological polar surface area (TPSA) is 81.2 Å². The number of aromatic nitrogens is 2. The third kappa shape index (κ3) is 3.42. The van der Waals surface area contributed by atoms with Crippen molar-refractivity contribution in [3.05, 3.63) is 68.0 Å². The van der Waals surface area contributed by atoms with Crippen molar-refractivity contribution >= 4 is 50.6 Å². The summed E-state index contributed by atoms with van der Waals surface area (Å²) in [5, 5.41) is 4.88. The number of thiophene rings is 2. The molecule has 9 heteroatoms. The highest BCUT2D eigenvalue weighted by Crippen LogP contribution is 2.32. The van der Waals surface area contributed by atoms with E-state index >= 15 is 0 Å². The third-order valence-corrected chi connectivity index (χ3v) is 8.01.